The lowest BCUT2D eigenvalue weighted by molar-refractivity contribution is 0.0406. The molecule has 2 atom stereocenters. The van der Waals surface area contributed by atoms with Crippen molar-refractivity contribution < 1.29 is 4.74 Å². The van der Waals surface area contributed by atoms with Crippen molar-refractivity contribution >= 4 is 0 Å². The molecule has 0 radical (unpaired) electrons. The van der Waals surface area contributed by atoms with E-state index in [1.807, 2.05) is 13.0 Å². The Bertz CT molecular complexity index is 122. The van der Waals surface area contributed by atoms with Gasteiger partial charge < -0.3 is 10.1 Å². The van der Waals surface area contributed by atoms with Crippen LogP contribution in [-0.4, -0.2) is 25.3 Å². The summed E-state index contributed by atoms with van der Waals surface area (Å²) >= 11 is 0. The molecule has 0 bridgehead atoms. The fourth-order valence-electron chi connectivity index (χ4n) is 0.769. The van der Waals surface area contributed by atoms with Crippen molar-refractivity contribution in [3.8, 4) is 6.07 Å². The summed E-state index contributed by atoms with van der Waals surface area (Å²) in [6, 6.07) is 2.44. The minimum absolute atomic E-state index is 0.235. The predicted molar refractivity (Wildman–Crippen MR) is 32.8 cm³/mol. The number of nitriles is 1. The number of nitrogens with one attached hydrogen (secondary N) is 1. The second-order valence-electron chi connectivity index (χ2n) is 2.26. The zero-order valence-electron chi connectivity index (χ0n) is 5.42. The predicted octanol–water partition coefficient (Wildman–Crippen LogP) is -0.113. The van der Waals surface area contributed by atoms with Crippen molar-refractivity contribution in [2.75, 3.05) is 13.2 Å². The first-order valence-corrected chi connectivity index (χ1v) is 3.07. The highest BCUT2D eigenvalue weighted by atomic mass is 16.5. The quantitative estimate of drug-likeness (QED) is 0.492. The van der Waals surface area contributed by atoms with E-state index < -0.39 is 0 Å². The molecule has 9 heavy (non-hydrogen) atoms. The molecular weight excluding hydrogens is 116 g/mol. The molecule has 3 heteroatoms. The Morgan fingerprint density at radius 2 is 2.56 bits per heavy atom. The van der Waals surface area contributed by atoms with Gasteiger partial charge in [0.2, 0.25) is 0 Å². The molecule has 3 nitrogen and oxygen atoms in total. The Balaban J connectivity index is 2.28. The maximum atomic E-state index is 8.36. The van der Waals surface area contributed by atoms with E-state index in [9.17, 15) is 0 Å². The van der Waals surface area contributed by atoms with E-state index in [4.69, 9.17) is 10.00 Å². The third kappa shape index (κ3) is 1.67. The molecule has 1 fully saturated rings. The molecule has 1 N–H and O–H groups in total. The summed E-state index contributed by atoms with van der Waals surface area (Å²) in [6.45, 7) is 3.35. The van der Waals surface area contributed by atoms with Crippen molar-refractivity contribution in [2.45, 2.75) is 19.1 Å². The fourth-order valence-corrected chi connectivity index (χ4v) is 0.769. The average molecular weight is 126 g/mol. The van der Waals surface area contributed by atoms with Crippen LogP contribution < -0.4 is 5.32 Å². The van der Waals surface area contributed by atoms with Crippen molar-refractivity contribution in [3.63, 3.8) is 0 Å². The van der Waals surface area contributed by atoms with Gasteiger partial charge in [0.15, 0.2) is 6.10 Å². The minimum atomic E-state index is -0.235. The molecule has 0 aromatic heterocycles. The lowest BCUT2D eigenvalue weighted by Gasteiger charge is -2.23. The number of hydrogen-bond donors (Lipinski definition) is 1. The van der Waals surface area contributed by atoms with Gasteiger partial charge in [-0.15, -0.1) is 0 Å². The van der Waals surface area contributed by atoms with Crippen LogP contribution in [0.25, 0.3) is 0 Å². The van der Waals surface area contributed by atoms with Gasteiger partial charge in [0.25, 0.3) is 0 Å². The molecule has 50 valence electrons. The molecule has 0 aromatic rings. The van der Waals surface area contributed by atoms with Gasteiger partial charge in [-0.2, -0.15) is 5.26 Å². The monoisotopic (exact) mass is 126 g/mol. The molecule has 0 amide bonds. The van der Waals surface area contributed by atoms with E-state index in [0.717, 1.165) is 0 Å². The van der Waals surface area contributed by atoms with Gasteiger partial charge in [0, 0.05) is 12.6 Å². The first-order valence-electron chi connectivity index (χ1n) is 3.07. The Hall–Kier alpha value is -0.590. The highest BCUT2D eigenvalue weighted by molar-refractivity contribution is 4.89. The van der Waals surface area contributed by atoms with Crippen LogP contribution in [0.5, 0.6) is 0 Å². The second kappa shape index (κ2) is 2.81. The molecule has 1 aliphatic heterocycles. The fraction of sp³-hybridized carbons (Fsp3) is 0.833. The largest absolute Gasteiger partial charge is 0.360 e. The molecule has 1 rings (SSSR count). The topological polar surface area (TPSA) is 45.0 Å². The van der Waals surface area contributed by atoms with Gasteiger partial charge in [-0.1, -0.05) is 0 Å². The summed E-state index contributed by atoms with van der Waals surface area (Å²) < 4.78 is 5.12. The number of hydrogen-bond acceptors (Lipinski definition) is 3. The summed E-state index contributed by atoms with van der Waals surface area (Å²) in [5.41, 5.74) is 0. The molecule has 1 heterocycles. The summed E-state index contributed by atoms with van der Waals surface area (Å²) in [5, 5.41) is 11.5. The van der Waals surface area contributed by atoms with E-state index in [2.05, 4.69) is 5.32 Å². The maximum Gasteiger partial charge on any atom is 0.156 e. The lowest BCUT2D eigenvalue weighted by atomic mass is 10.2. The van der Waals surface area contributed by atoms with Crippen LogP contribution >= 0.6 is 0 Å². The Morgan fingerprint density at radius 3 is 3.00 bits per heavy atom. The third-order valence-corrected chi connectivity index (χ3v) is 1.34. The van der Waals surface area contributed by atoms with Gasteiger partial charge in [0.05, 0.1) is 12.7 Å². The van der Waals surface area contributed by atoms with Gasteiger partial charge in [-0.3, -0.25) is 0 Å². The van der Waals surface area contributed by atoms with Crippen LogP contribution in [0.4, 0.5) is 0 Å². The highest BCUT2D eigenvalue weighted by Crippen LogP contribution is 1.97. The Morgan fingerprint density at radius 1 is 1.78 bits per heavy atom. The molecule has 0 spiro atoms. The molecule has 0 aromatic carbocycles. The van der Waals surface area contributed by atoms with Crippen LogP contribution in [0.3, 0.4) is 0 Å². The molecule has 1 aliphatic rings. The Kier molecular flexibility index (Phi) is 2.04. The molecular formula is C6H10N2O. The third-order valence-electron chi connectivity index (χ3n) is 1.34. The van der Waals surface area contributed by atoms with Crippen LogP contribution in [0.1, 0.15) is 6.92 Å². The van der Waals surface area contributed by atoms with Crippen molar-refractivity contribution in [3.05, 3.63) is 0 Å². The van der Waals surface area contributed by atoms with Gasteiger partial charge in [-0.05, 0) is 6.92 Å². The number of morpholine rings is 1. The standard InChI is InChI=1S/C6H10N2O/c1-5-4-9-6(2-7)3-8-5/h5-6,8H,3-4H2,1H3. The first kappa shape index (κ1) is 6.53. The van der Waals surface area contributed by atoms with E-state index in [-0.39, 0.29) is 6.10 Å². The van der Waals surface area contributed by atoms with Crippen LogP contribution in [-0.2, 0) is 4.74 Å². The normalized spacial score (nSPS) is 35.6. The van der Waals surface area contributed by atoms with Crippen molar-refractivity contribution in [1.82, 2.24) is 5.32 Å². The number of ether oxygens (including phenoxy) is 1. The van der Waals surface area contributed by atoms with Gasteiger partial charge in [0.1, 0.15) is 0 Å². The van der Waals surface area contributed by atoms with Crippen molar-refractivity contribution in [2.24, 2.45) is 0 Å². The van der Waals surface area contributed by atoms with Crippen molar-refractivity contribution in [1.29, 1.82) is 5.26 Å². The molecule has 1 saturated heterocycles. The Labute approximate surface area is 54.6 Å². The summed E-state index contributed by atoms with van der Waals surface area (Å²) in [6.07, 6.45) is -0.235. The van der Waals surface area contributed by atoms with Gasteiger partial charge in [-0.25, -0.2) is 0 Å². The van der Waals surface area contributed by atoms with E-state index in [0.29, 0.717) is 19.2 Å². The van der Waals surface area contributed by atoms with Crippen LogP contribution in [0.15, 0.2) is 0 Å². The first-order chi connectivity index (χ1) is 4.33. The zero-order chi connectivity index (χ0) is 6.69. The molecule has 2 unspecified atom stereocenters. The lowest BCUT2D eigenvalue weighted by Crippen LogP contribution is -2.43. The minimum Gasteiger partial charge on any atom is -0.360 e. The zero-order valence-corrected chi connectivity index (χ0v) is 5.42. The number of rotatable bonds is 0. The smallest absolute Gasteiger partial charge is 0.156 e. The highest BCUT2D eigenvalue weighted by Gasteiger charge is 2.15. The van der Waals surface area contributed by atoms with Crippen LogP contribution in [0.2, 0.25) is 0 Å². The molecule has 0 saturated carbocycles. The second-order valence-corrected chi connectivity index (χ2v) is 2.26. The van der Waals surface area contributed by atoms with E-state index in [1.165, 1.54) is 0 Å². The number of nitrogens with zero attached hydrogens (tertiary/aromatic N) is 1. The summed E-state index contributed by atoms with van der Waals surface area (Å²) in [5.74, 6) is 0. The van der Waals surface area contributed by atoms with E-state index >= 15 is 0 Å². The van der Waals surface area contributed by atoms with Crippen LogP contribution in [0, 0.1) is 11.3 Å². The summed E-state index contributed by atoms with van der Waals surface area (Å²) in [7, 11) is 0. The SMILES string of the molecule is CC1COC(C#N)CN1. The summed E-state index contributed by atoms with van der Waals surface area (Å²) in [4.78, 5) is 0. The van der Waals surface area contributed by atoms with E-state index in [1.54, 1.807) is 0 Å². The molecule has 0 aliphatic carbocycles. The maximum absolute atomic E-state index is 8.36. The average Bonchev–Trinajstić information content (AvgIpc) is 1.90. The van der Waals surface area contributed by atoms with Gasteiger partial charge >= 0.3 is 0 Å².